The molecule has 1 aromatic carbocycles. The monoisotopic (exact) mass is 275 g/mol. The van der Waals surface area contributed by atoms with Crippen molar-refractivity contribution in [2.75, 3.05) is 19.7 Å². The number of carbonyl (C=O) groups excluding carboxylic acids is 1. The Morgan fingerprint density at radius 1 is 1.45 bits per heavy atom. The first-order valence-corrected chi connectivity index (χ1v) is 6.68. The van der Waals surface area contributed by atoms with E-state index < -0.39 is 0 Å². The van der Waals surface area contributed by atoms with Crippen molar-refractivity contribution in [3.05, 3.63) is 29.8 Å². The highest BCUT2D eigenvalue weighted by Gasteiger charge is 2.02. The summed E-state index contributed by atoms with van der Waals surface area (Å²) in [7, 11) is 0. The van der Waals surface area contributed by atoms with Crippen LogP contribution in [-0.4, -0.2) is 25.6 Å². The van der Waals surface area contributed by atoms with Crippen LogP contribution in [0.25, 0.3) is 0 Å². The summed E-state index contributed by atoms with van der Waals surface area (Å²) in [6.45, 7) is 5.97. The highest BCUT2D eigenvalue weighted by atomic mass is 16.5. The van der Waals surface area contributed by atoms with Crippen LogP contribution in [0.1, 0.15) is 19.4 Å². The van der Waals surface area contributed by atoms with Crippen molar-refractivity contribution in [1.29, 1.82) is 5.26 Å². The first-order chi connectivity index (χ1) is 9.61. The zero-order chi connectivity index (χ0) is 14.8. The molecule has 0 aliphatic carbocycles. The summed E-state index contributed by atoms with van der Waals surface area (Å²) < 4.78 is 5.38. The lowest BCUT2D eigenvalue weighted by molar-refractivity contribution is -0.122. The Kier molecular flexibility index (Phi) is 7.15. The second-order valence-electron chi connectivity index (χ2n) is 4.90. The average Bonchev–Trinajstić information content (AvgIpc) is 2.43. The normalized spacial score (nSPS) is 10.1. The van der Waals surface area contributed by atoms with Gasteiger partial charge in [0.05, 0.1) is 6.07 Å². The van der Waals surface area contributed by atoms with Crippen LogP contribution in [-0.2, 0) is 11.3 Å². The van der Waals surface area contributed by atoms with E-state index in [1.807, 2.05) is 30.3 Å². The molecule has 108 valence electrons. The number of ether oxygens (including phenoxy) is 1. The van der Waals surface area contributed by atoms with Crippen LogP contribution >= 0.6 is 0 Å². The molecule has 1 aromatic rings. The van der Waals surface area contributed by atoms with Gasteiger partial charge in [-0.2, -0.15) is 5.26 Å². The second kappa shape index (κ2) is 8.94. The number of carbonyl (C=O) groups is 1. The van der Waals surface area contributed by atoms with Crippen LogP contribution in [0.15, 0.2) is 24.3 Å². The smallest absolute Gasteiger partial charge is 0.258 e. The third-order valence-corrected chi connectivity index (χ3v) is 2.51. The van der Waals surface area contributed by atoms with Gasteiger partial charge in [0, 0.05) is 6.54 Å². The molecular formula is C15H21N3O2. The van der Waals surface area contributed by atoms with Crippen LogP contribution in [0.3, 0.4) is 0 Å². The molecule has 2 N–H and O–H groups in total. The molecule has 0 radical (unpaired) electrons. The topological polar surface area (TPSA) is 74.2 Å². The van der Waals surface area contributed by atoms with Crippen molar-refractivity contribution in [3.63, 3.8) is 0 Å². The number of benzene rings is 1. The van der Waals surface area contributed by atoms with Crippen molar-refractivity contribution in [1.82, 2.24) is 10.6 Å². The summed E-state index contributed by atoms with van der Waals surface area (Å²) in [6.07, 6.45) is 0. The average molecular weight is 275 g/mol. The van der Waals surface area contributed by atoms with Crippen LogP contribution < -0.4 is 15.4 Å². The molecule has 5 nitrogen and oxygen atoms in total. The van der Waals surface area contributed by atoms with Gasteiger partial charge in [0.1, 0.15) is 12.3 Å². The van der Waals surface area contributed by atoms with E-state index >= 15 is 0 Å². The summed E-state index contributed by atoms with van der Waals surface area (Å²) in [6, 6.07) is 9.47. The lowest BCUT2D eigenvalue weighted by Gasteiger charge is -2.10. The van der Waals surface area contributed by atoms with Crippen molar-refractivity contribution < 1.29 is 9.53 Å². The molecular weight excluding hydrogens is 254 g/mol. The highest BCUT2D eigenvalue weighted by Crippen LogP contribution is 2.13. The molecule has 1 rings (SSSR count). The SMILES string of the molecule is CC(C)CNCc1cccc(OCC(=O)NCC#N)c1. The Morgan fingerprint density at radius 2 is 2.25 bits per heavy atom. The second-order valence-corrected chi connectivity index (χ2v) is 4.90. The minimum Gasteiger partial charge on any atom is -0.484 e. The van der Waals surface area contributed by atoms with Crippen LogP contribution in [0, 0.1) is 17.2 Å². The molecule has 1 amide bonds. The van der Waals surface area contributed by atoms with Crippen molar-refractivity contribution in [3.8, 4) is 11.8 Å². The molecule has 0 unspecified atom stereocenters. The fourth-order valence-corrected chi connectivity index (χ4v) is 1.59. The number of rotatable bonds is 8. The molecule has 0 heterocycles. The van der Waals surface area contributed by atoms with Crippen molar-refractivity contribution in [2.45, 2.75) is 20.4 Å². The summed E-state index contributed by atoms with van der Waals surface area (Å²) in [4.78, 5) is 11.3. The van der Waals surface area contributed by atoms with Gasteiger partial charge in [-0.15, -0.1) is 0 Å². The van der Waals surface area contributed by atoms with E-state index in [-0.39, 0.29) is 19.1 Å². The maximum absolute atomic E-state index is 11.3. The number of nitrogens with one attached hydrogen (secondary N) is 2. The Bertz CT molecular complexity index is 466. The Morgan fingerprint density at radius 3 is 2.95 bits per heavy atom. The highest BCUT2D eigenvalue weighted by molar-refractivity contribution is 5.77. The number of amides is 1. The maximum atomic E-state index is 11.3. The first kappa shape index (κ1) is 16.0. The molecule has 0 aromatic heterocycles. The number of nitriles is 1. The lowest BCUT2D eigenvalue weighted by atomic mass is 10.2. The summed E-state index contributed by atoms with van der Waals surface area (Å²) >= 11 is 0. The molecule has 0 spiro atoms. The van der Waals surface area contributed by atoms with Crippen molar-refractivity contribution >= 4 is 5.91 Å². The van der Waals surface area contributed by atoms with Crippen molar-refractivity contribution in [2.24, 2.45) is 5.92 Å². The molecule has 0 aliphatic heterocycles. The van der Waals surface area contributed by atoms with E-state index in [1.54, 1.807) is 0 Å². The maximum Gasteiger partial charge on any atom is 0.258 e. The standard InChI is InChI=1S/C15H21N3O2/c1-12(2)9-17-10-13-4-3-5-14(8-13)20-11-15(19)18-7-6-16/h3-5,8,12,17H,7,9-11H2,1-2H3,(H,18,19). The van der Waals surface area contributed by atoms with Gasteiger partial charge < -0.3 is 15.4 Å². The van der Waals surface area contributed by atoms with E-state index in [0.717, 1.165) is 18.7 Å². The van der Waals surface area contributed by atoms with E-state index in [0.29, 0.717) is 11.7 Å². The van der Waals surface area contributed by atoms with Gasteiger partial charge >= 0.3 is 0 Å². The van der Waals surface area contributed by atoms with Gasteiger partial charge in [-0.1, -0.05) is 26.0 Å². The summed E-state index contributed by atoms with van der Waals surface area (Å²) in [5.74, 6) is 0.967. The third kappa shape index (κ3) is 6.76. The van der Waals surface area contributed by atoms with Gasteiger partial charge in [-0.3, -0.25) is 4.79 Å². The predicted octanol–water partition coefficient (Wildman–Crippen LogP) is 1.45. The molecule has 0 saturated heterocycles. The molecule has 5 heteroatoms. The molecule has 0 aliphatic rings. The Balaban J connectivity index is 2.39. The number of hydrogen-bond acceptors (Lipinski definition) is 4. The summed E-state index contributed by atoms with van der Waals surface area (Å²) in [5.41, 5.74) is 1.11. The van der Waals surface area contributed by atoms with Crippen LogP contribution in [0.5, 0.6) is 5.75 Å². The first-order valence-electron chi connectivity index (χ1n) is 6.68. The van der Waals surface area contributed by atoms with Gasteiger partial charge in [0.25, 0.3) is 5.91 Å². The van der Waals surface area contributed by atoms with E-state index in [9.17, 15) is 4.79 Å². The number of nitrogens with zero attached hydrogens (tertiary/aromatic N) is 1. The predicted molar refractivity (Wildman–Crippen MR) is 77.1 cm³/mol. The zero-order valence-corrected chi connectivity index (χ0v) is 12.0. The van der Waals surface area contributed by atoms with Gasteiger partial charge in [0.15, 0.2) is 6.61 Å². The minimum atomic E-state index is -0.296. The minimum absolute atomic E-state index is 0.00134. The largest absolute Gasteiger partial charge is 0.484 e. The molecule has 20 heavy (non-hydrogen) atoms. The molecule has 0 saturated carbocycles. The third-order valence-electron chi connectivity index (χ3n) is 2.51. The molecule has 0 atom stereocenters. The summed E-state index contributed by atoms with van der Waals surface area (Å²) in [5, 5.41) is 14.1. The van der Waals surface area contributed by atoms with Gasteiger partial charge in [0.2, 0.25) is 0 Å². The van der Waals surface area contributed by atoms with Crippen LogP contribution in [0.2, 0.25) is 0 Å². The molecule has 0 fully saturated rings. The van der Waals surface area contributed by atoms with E-state index in [2.05, 4.69) is 24.5 Å². The van der Waals surface area contributed by atoms with E-state index in [4.69, 9.17) is 10.00 Å². The molecule has 0 bridgehead atoms. The Labute approximate surface area is 119 Å². The number of hydrogen-bond donors (Lipinski definition) is 2. The van der Waals surface area contributed by atoms with Gasteiger partial charge in [-0.25, -0.2) is 0 Å². The quantitative estimate of drug-likeness (QED) is 0.704. The Hall–Kier alpha value is -2.06. The van der Waals surface area contributed by atoms with E-state index in [1.165, 1.54) is 0 Å². The fraction of sp³-hybridized carbons (Fsp3) is 0.467. The van der Waals surface area contributed by atoms with Crippen LogP contribution in [0.4, 0.5) is 0 Å². The van der Waals surface area contributed by atoms with Gasteiger partial charge in [-0.05, 0) is 30.2 Å². The fourth-order valence-electron chi connectivity index (χ4n) is 1.59. The zero-order valence-electron chi connectivity index (χ0n) is 12.0. The lowest BCUT2D eigenvalue weighted by Crippen LogP contribution is -2.29.